The predicted molar refractivity (Wildman–Crippen MR) is 148 cm³/mol. The van der Waals surface area contributed by atoms with Gasteiger partial charge in [0, 0.05) is 29.8 Å². The van der Waals surface area contributed by atoms with Crippen molar-refractivity contribution < 1.29 is 28.8 Å². The molecule has 2 aromatic carbocycles. The van der Waals surface area contributed by atoms with Crippen molar-refractivity contribution in [2.24, 2.45) is 0 Å². The van der Waals surface area contributed by atoms with Crippen LogP contribution in [-0.4, -0.2) is 24.8 Å². The van der Waals surface area contributed by atoms with Crippen LogP contribution in [-0.2, 0) is 27.4 Å². The topological polar surface area (TPSA) is 127 Å². The van der Waals surface area contributed by atoms with Crippen LogP contribution in [0.15, 0.2) is 60.8 Å². The van der Waals surface area contributed by atoms with Gasteiger partial charge in [-0.1, -0.05) is 12.1 Å². The Morgan fingerprint density at radius 3 is 2.38 bits per heavy atom. The maximum atomic E-state index is 13.3. The molecule has 9 nitrogen and oxygen atoms in total. The van der Waals surface area contributed by atoms with Gasteiger partial charge in [0.05, 0.1) is 36.9 Å². The van der Waals surface area contributed by atoms with Gasteiger partial charge in [-0.3, -0.25) is 4.90 Å². The summed E-state index contributed by atoms with van der Waals surface area (Å²) in [4.78, 5) is 30.0. The molecule has 0 saturated carbocycles. The molecule has 0 aliphatic rings. The predicted octanol–water partition coefficient (Wildman–Crippen LogP) is 5.26. The number of carbonyl (C=O) groups is 2. The lowest BCUT2D eigenvalue weighted by atomic mass is 10.1. The largest absolute Gasteiger partial charge is 0.482 e. The van der Waals surface area contributed by atoms with Gasteiger partial charge in [0.15, 0.2) is 11.9 Å². The summed E-state index contributed by atoms with van der Waals surface area (Å²) < 4.78 is 16.7. The number of methoxy groups -OCH3 is 1. The number of aromatic nitrogens is 1. The van der Waals surface area contributed by atoms with Crippen molar-refractivity contribution in [3.05, 3.63) is 94.3 Å². The maximum absolute atomic E-state index is 13.3. The number of ether oxygens (including phenoxy) is 3. The molecular weight excluding hydrogens is 508 g/mol. The highest BCUT2D eigenvalue weighted by Gasteiger charge is 2.27. The highest BCUT2D eigenvalue weighted by Crippen LogP contribution is 2.29. The fraction of sp³-hybridized carbons (Fsp3) is 0.258. The summed E-state index contributed by atoms with van der Waals surface area (Å²) in [7, 11) is 1.28. The van der Waals surface area contributed by atoms with E-state index in [-0.39, 0.29) is 13.2 Å². The first-order valence-electron chi connectivity index (χ1n) is 12.5. The van der Waals surface area contributed by atoms with Crippen LogP contribution in [0.1, 0.15) is 54.3 Å². The fourth-order valence-corrected chi connectivity index (χ4v) is 3.76. The second kappa shape index (κ2) is 13.1. The van der Waals surface area contributed by atoms with Gasteiger partial charge in [-0.2, -0.15) is 10.5 Å². The molecule has 0 fully saturated rings. The van der Waals surface area contributed by atoms with E-state index in [9.17, 15) is 20.1 Å². The quantitative estimate of drug-likeness (QED) is 0.282. The molecule has 0 aliphatic carbocycles. The number of aryl methyl sites for hydroxylation is 1. The molecule has 204 valence electrons. The summed E-state index contributed by atoms with van der Waals surface area (Å²) in [5.74, 6) is -0.0934. The second-order valence-electron chi connectivity index (χ2n) is 9.86. The van der Waals surface area contributed by atoms with Gasteiger partial charge in [0.2, 0.25) is 5.69 Å². The number of benzene rings is 2. The third-order valence-electron chi connectivity index (χ3n) is 5.67. The van der Waals surface area contributed by atoms with E-state index in [2.05, 4.69) is 17.1 Å². The van der Waals surface area contributed by atoms with E-state index in [1.807, 2.05) is 13.0 Å². The summed E-state index contributed by atoms with van der Waals surface area (Å²) in [5, 5.41) is 18.4. The number of aromatic amines is 1. The minimum atomic E-state index is -0.749. The first-order valence-corrected chi connectivity index (χ1v) is 12.5. The van der Waals surface area contributed by atoms with Crippen LogP contribution in [0.2, 0.25) is 0 Å². The van der Waals surface area contributed by atoms with Crippen LogP contribution in [0.5, 0.6) is 5.75 Å². The number of nitriles is 2. The molecular formula is C31H31N4O5+. The number of amides is 1. The Kier molecular flexibility index (Phi) is 9.61. The first-order chi connectivity index (χ1) is 19.0. The average molecular weight is 540 g/mol. The molecule has 3 rings (SSSR count). The van der Waals surface area contributed by atoms with Crippen LogP contribution in [0.4, 0.5) is 10.5 Å². The van der Waals surface area contributed by atoms with E-state index in [4.69, 9.17) is 14.2 Å². The van der Waals surface area contributed by atoms with Crippen LogP contribution < -0.4 is 14.6 Å². The highest BCUT2D eigenvalue weighted by atomic mass is 16.6. The van der Waals surface area contributed by atoms with Gasteiger partial charge >= 0.3 is 12.1 Å². The molecule has 1 aromatic heterocycles. The van der Waals surface area contributed by atoms with Gasteiger partial charge in [-0.15, -0.1) is 0 Å². The summed E-state index contributed by atoms with van der Waals surface area (Å²) >= 11 is 0. The van der Waals surface area contributed by atoms with Crippen molar-refractivity contribution in [1.29, 1.82) is 10.5 Å². The number of anilines is 1. The summed E-state index contributed by atoms with van der Waals surface area (Å²) in [6.07, 6.45) is 4.00. The Morgan fingerprint density at radius 1 is 1.05 bits per heavy atom. The van der Waals surface area contributed by atoms with Crippen LogP contribution in [0.3, 0.4) is 0 Å². The van der Waals surface area contributed by atoms with Gasteiger partial charge in [0.1, 0.15) is 12.2 Å². The van der Waals surface area contributed by atoms with Gasteiger partial charge in [0.25, 0.3) is 0 Å². The smallest absolute Gasteiger partial charge is 0.415 e. The van der Waals surface area contributed by atoms with Crippen molar-refractivity contribution in [2.75, 3.05) is 12.0 Å². The normalized spacial score (nSPS) is 10.9. The van der Waals surface area contributed by atoms with Crippen molar-refractivity contribution in [1.82, 2.24) is 0 Å². The fourth-order valence-electron chi connectivity index (χ4n) is 3.76. The van der Waals surface area contributed by atoms with Crippen LogP contribution in [0, 0.1) is 29.6 Å². The highest BCUT2D eigenvalue weighted by molar-refractivity contribution is 5.89. The molecule has 9 heteroatoms. The number of pyridine rings is 1. The number of rotatable bonds is 8. The molecule has 3 aromatic rings. The number of H-pyrrole nitrogens is 1. The molecule has 0 aliphatic heterocycles. The van der Waals surface area contributed by atoms with Crippen molar-refractivity contribution in [3.63, 3.8) is 0 Å². The molecule has 0 saturated heterocycles. The van der Waals surface area contributed by atoms with E-state index in [1.54, 1.807) is 75.5 Å². The molecule has 0 unspecified atom stereocenters. The Hall–Kier alpha value is -5.15. The number of esters is 1. The lowest BCUT2D eigenvalue weighted by molar-refractivity contribution is -0.389. The van der Waals surface area contributed by atoms with E-state index >= 15 is 0 Å². The molecule has 0 spiro atoms. The number of hydrogen-bond acceptors (Lipinski definition) is 7. The number of nitrogens with zero attached hydrogens (tertiary/aromatic N) is 3. The van der Waals surface area contributed by atoms with Crippen molar-refractivity contribution >= 4 is 23.8 Å². The number of carbonyl (C=O) groups excluding carboxylic acids is 2. The van der Waals surface area contributed by atoms with Gasteiger partial charge in [-0.05, 0) is 68.8 Å². The van der Waals surface area contributed by atoms with Gasteiger partial charge in [-0.25, -0.2) is 14.6 Å². The SMILES string of the molecule is COC(=O)/C=C/c1c(CN(C(=O)OC(C)(C)C)c2ccc(C#N)cc2)c[nH+]c(C)c1OCc1cccc(C#N)c1. The summed E-state index contributed by atoms with van der Waals surface area (Å²) in [5.41, 5.74) is 3.40. The minimum Gasteiger partial charge on any atom is -0.482 e. The average Bonchev–Trinajstić information content (AvgIpc) is 2.93. The lowest BCUT2D eigenvalue weighted by Gasteiger charge is -2.28. The molecule has 0 bridgehead atoms. The maximum Gasteiger partial charge on any atom is 0.415 e. The molecule has 40 heavy (non-hydrogen) atoms. The Labute approximate surface area is 233 Å². The third kappa shape index (κ3) is 7.92. The number of nitrogens with one attached hydrogen (secondary N) is 1. The minimum absolute atomic E-state index is 0.0543. The monoisotopic (exact) mass is 539 g/mol. The van der Waals surface area contributed by atoms with Gasteiger partial charge < -0.3 is 14.2 Å². The first kappa shape index (κ1) is 29.4. The summed E-state index contributed by atoms with van der Waals surface area (Å²) in [6.45, 7) is 7.38. The van der Waals surface area contributed by atoms with Crippen molar-refractivity contribution in [3.8, 4) is 17.9 Å². The van der Waals surface area contributed by atoms with Crippen LogP contribution in [0.25, 0.3) is 6.08 Å². The summed E-state index contributed by atoms with van der Waals surface area (Å²) in [6, 6.07) is 17.9. The lowest BCUT2D eigenvalue weighted by Crippen LogP contribution is -2.37. The zero-order chi connectivity index (χ0) is 29.3. The zero-order valence-electron chi connectivity index (χ0n) is 23.1. The van der Waals surface area contributed by atoms with E-state index in [0.717, 1.165) is 5.56 Å². The number of hydrogen-bond donors (Lipinski definition) is 0. The Morgan fingerprint density at radius 2 is 1.75 bits per heavy atom. The van der Waals surface area contributed by atoms with E-state index < -0.39 is 17.7 Å². The zero-order valence-corrected chi connectivity index (χ0v) is 23.1. The molecule has 1 heterocycles. The molecule has 1 N–H and O–H groups in total. The third-order valence-corrected chi connectivity index (χ3v) is 5.67. The standard InChI is InChI=1S/C31H30N4O5/c1-21-29(39-20-24-8-6-7-23(15-24)17-33)27(13-14-28(36)38-5)25(18-34-21)19-35(30(37)40-31(2,3)4)26-11-9-22(16-32)10-12-26/h6-15,18H,19-20H2,1-5H3/p+1/b14-13+. The Balaban J connectivity index is 2.07. The van der Waals surface area contributed by atoms with Crippen LogP contribution >= 0.6 is 0 Å². The molecule has 0 atom stereocenters. The second-order valence-corrected chi connectivity index (χ2v) is 9.86. The Bertz CT molecular complexity index is 1490. The molecule has 1 amide bonds. The molecule has 0 radical (unpaired) electrons. The van der Waals surface area contributed by atoms with E-state index in [1.165, 1.54) is 18.1 Å². The van der Waals surface area contributed by atoms with E-state index in [0.29, 0.717) is 39.4 Å². The van der Waals surface area contributed by atoms with Crippen molar-refractivity contribution in [2.45, 2.75) is 46.4 Å².